The maximum atomic E-state index is 12.8. The molecule has 0 saturated heterocycles. The SMILES string of the molecule is CC[C@@H](Cn1ccnc1)n1cnc2ccc(OC)cc2c1=O. The first kappa shape index (κ1) is 14.3. The summed E-state index contributed by atoms with van der Waals surface area (Å²) < 4.78 is 8.87. The summed E-state index contributed by atoms with van der Waals surface area (Å²) in [5.74, 6) is 0.659. The van der Waals surface area contributed by atoms with E-state index in [1.54, 1.807) is 42.7 Å². The lowest BCUT2D eigenvalue weighted by atomic mass is 10.2. The van der Waals surface area contributed by atoms with Gasteiger partial charge in [-0.1, -0.05) is 6.92 Å². The molecule has 0 radical (unpaired) electrons. The van der Waals surface area contributed by atoms with Crippen molar-refractivity contribution in [2.75, 3.05) is 7.11 Å². The fourth-order valence-electron chi connectivity index (χ4n) is 2.55. The smallest absolute Gasteiger partial charge is 0.261 e. The minimum Gasteiger partial charge on any atom is -0.497 e. The van der Waals surface area contributed by atoms with Gasteiger partial charge in [0.1, 0.15) is 5.75 Å². The first-order valence-corrected chi connectivity index (χ1v) is 7.23. The molecule has 22 heavy (non-hydrogen) atoms. The maximum Gasteiger partial charge on any atom is 0.261 e. The molecule has 6 nitrogen and oxygen atoms in total. The molecule has 0 aliphatic rings. The summed E-state index contributed by atoms with van der Waals surface area (Å²) in [6.45, 7) is 2.75. The van der Waals surface area contributed by atoms with Crippen molar-refractivity contribution >= 4 is 10.9 Å². The standard InChI is InChI=1S/C16H18N4O2/c1-3-12(9-19-7-6-17-10-19)20-11-18-15-5-4-13(22-2)8-14(15)16(20)21/h4-8,10-12H,3,9H2,1-2H3/t12-/m0/s1. The van der Waals surface area contributed by atoms with E-state index in [2.05, 4.69) is 16.9 Å². The average Bonchev–Trinajstić information content (AvgIpc) is 3.06. The van der Waals surface area contributed by atoms with Crippen LogP contribution in [0.5, 0.6) is 5.75 Å². The molecule has 6 heteroatoms. The van der Waals surface area contributed by atoms with Crippen molar-refractivity contribution in [1.82, 2.24) is 19.1 Å². The normalized spacial score (nSPS) is 12.5. The number of rotatable bonds is 5. The van der Waals surface area contributed by atoms with Crippen LogP contribution in [0, 0.1) is 0 Å². The molecule has 2 aromatic heterocycles. The summed E-state index contributed by atoms with van der Waals surface area (Å²) in [5, 5.41) is 0.575. The number of nitrogens with zero attached hydrogens (tertiary/aromatic N) is 4. The fourth-order valence-corrected chi connectivity index (χ4v) is 2.55. The van der Waals surface area contributed by atoms with E-state index in [1.165, 1.54) is 0 Å². The lowest BCUT2D eigenvalue weighted by molar-refractivity contribution is 0.405. The molecule has 3 rings (SSSR count). The average molecular weight is 298 g/mol. The Morgan fingerprint density at radius 1 is 1.32 bits per heavy atom. The number of methoxy groups -OCH3 is 1. The van der Waals surface area contributed by atoms with Crippen LogP contribution in [0.2, 0.25) is 0 Å². The Kier molecular flexibility index (Phi) is 3.91. The second kappa shape index (κ2) is 6.01. The summed E-state index contributed by atoms with van der Waals surface area (Å²) in [5.41, 5.74) is 0.635. The molecular formula is C16H18N4O2. The van der Waals surface area contributed by atoms with Crippen molar-refractivity contribution in [2.45, 2.75) is 25.9 Å². The van der Waals surface area contributed by atoms with Crippen molar-refractivity contribution in [3.63, 3.8) is 0 Å². The Labute approximate surface area is 128 Å². The molecule has 0 saturated carbocycles. The van der Waals surface area contributed by atoms with Crippen LogP contribution in [-0.2, 0) is 6.54 Å². The van der Waals surface area contributed by atoms with E-state index in [0.29, 0.717) is 23.2 Å². The van der Waals surface area contributed by atoms with E-state index in [0.717, 1.165) is 6.42 Å². The van der Waals surface area contributed by atoms with Gasteiger partial charge in [-0.25, -0.2) is 9.97 Å². The zero-order chi connectivity index (χ0) is 15.5. The second-order valence-corrected chi connectivity index (χ2v) is 5.16. The summed E-state index contributed by atoms with van der Waals surface area (Å²) in [6.07, 6.45) is 7.84. The van der Waals surface area contributed by atoms with Crippen LogP contribution in [-0.4, -0.2) is 26.2 Å². The van der Waals surface area contributed by atoms with Crippen LogP contribution >= 0.6 is 0 Å². The van der Waals surface area contributed by atoms with Crippen molar-refractivity contribution in [3.05, 3.63) is 53.6 Å². The number of hydrogen-bond acceptors (Lipinski definition) is 4. The van der Waals surface area contributed by atoms with E-state index in [4.69, 9.17) is 4.74 Å². The lowest BCUT2D eigenvalue weighted by Gasteiger charge is -2.18. The Hall–Kier alpha value is -2.63. The zero-order valence-corrected chi connectivity index (χ0v) is 12.6. The zero-order valence-electron chi connectivity index (χ0n) is 12.6. The van der Waals surface area contributed by atoms with Crippen molar-refractivity contribution in [2.24, 2.45) is 0 Å². The summed E-state index contributed by atoms with van der Waals surface area (Å²) in [4.78, 5) is 21.2. The molecule has 1 aromatic carbocycles. The number of ether oxygens (including phenoxy) is 1. The Morgan fingerprint density at radius 3 is 2.86 bits per heavy atom. The lowest BCUT2D eigenvalue weighted by Crippen LogP contribution is -2.27. The third-order valence-electron chi connectivity index (χ3n) is 3.84. The van der Waals surface area contributed by atoms with Crippen LogP contribution in [0.4, 0.5) is 0 Å². The van der Waals surface area contributed by atoms with E-state index < -0.39 is 0 Å². The van der Waals surface area contributed by atoms with Crippen LogP contribution in [0.1, 0.15) is 19.4 Å². The Balaban J connectivity index is 2.05. The van der Waals surface area contributed by atoms with Gasteiger partial charge < -0.3 is 9.30 Å². The van der Waals surface area contributed by atoms with Gasteiger partial charge in [-0.05, 0) is 24.6 Å². The number of hydrogen-bond donors (Lipinski definition) is 0. The van der Waals surface area contributed by atoms with Crippen molar-refractivity contribution in [3.8, 4) is 5.75 Å². The van der Waals surface area contributed by atoms with Gasteiger partial charge in [0.2, 0.25) is 0 Å². The predicted molar refractivity (Wildman–Crippen MR) is 84.1 cm³/mol. The van der Waals surface area contributed by atoms with E-state index >= 15 is 0 Å². The highest BCUT2D eigenvalue weighted by Crippen LogP contribution is 2.18. The maximum absolute atomic E-state index is 12.8. The minimum atomic E-state index is -0.0455. The molecule has 2 heterocycles. The molecule has 0 spiro atoms. The first-order valence-electron chi connectivity index (χ1n) is 7.23. The van der Waals surface area contributed by atoms with Gasteiger partial charge in [-0.2, -0.15) is 0 Å². The number of benzene rings is 1. The molecule has 114 valence electrons. The van der Waals surface area contributed by atoms with Crippen LogP contribution in [0.3, 0.4) is 0 Å². The van der Waals surface area contributed by atoms with Gasteiger partial charge in [-0.15, -0.1) is 0 Å². The second-order valence-electron chi connectivity index (χ2n) is 5.16. The van der Waals surface area contributed by atoms with E-state index in [1.807, 2.05) is 16.8 Å². The Morgan fingerprint density at radius 2 is 2.18 bits per heavy atom. The van der Waals surface area contributed by atoms with Gasteiger partial charge in [0.05, 0.1) is 36.7 Å². The third kappa shape index (κ3) is 2.59. The van der Waals surface area contributed by atoms with E-state index in [-0.39, 0.29) is 11.6 Å². The van der Waals surface area contributed by atoms with Gasteiger partial charge in [0, 0.05) is 18.9 Å². The van der Waals surface area contributed by atoms with Gasteiger partial charge >= 0.3 is 0 Å². The molecular weight excluding hydrogens is 280 g/mol. The van der Waals surface area contributed by atoms with Gasteiger partial charge in [0.25, 0.3) is 5.56 Å². The van der Waals surface area contributed by atoms with Crippen LogP contribution < -0.4 is 10.3 Å². The largest absolute Gasteiger partial charge is 0.497 e. The number of aromatic nitrogens is 4. The molecule has 0 bridgehead atoms. The summed E-state index contributed by atoms with van der Waals surface area (Å²) >= 11 is 0. The highest BCUT2D eigenvalue weighted by atomic mass is 16.5. The monoisotopic (exact) mass is 298 g/mol. The minimum absolute atomic E-state index is 0.0322. The van der Waals surface area contributed by atoms with Crippen LogP contribution in [0.15, 0.2) is 48.0 Å². The van der Waals surface area contributed by atoms with Crippen molar-refractivity contribution in [1.29, 1.82) is 0 Å². The van der Waals surface area contributed by atoms with Crippen LogP contribution in [0.25, 0.3) is 10.9 Å². The molecule has 0 unspecified atom stereocenters. The molecule has 1 atom stereocenters. The number of imidazole rings is 1. The van der Waals surface area contributed by atoms with Gasteiger partial charge in [-0.3, -0.25) is 9.36 Å². The third-order valence-corrected chi connectivity index (χ3v) is 3.84. The highest BCUT2D eigenvalue weighted by molar-refractivity contribution is 5.78. The molecule has 0 aliphatic heterocycles. The molecule has 0 N–H and O–H groups in total. The quantitative estimate of drug-likeness (QED) is 0.725. The Bertz CT molecular complexity index is 824. The number of fused-ring (bicyclic) bond motifs is 1. The molecule has 0 aliphatic carbocycles. The topological polar surface area (TPSA) is 61.9 Å². The van der Waals surface area contributed by atoms with Gasteiger partial charge in [0.15, 0.2) is 0 Å². The fraction of sp³-hybridized carbons (Fsp3) is 0.312. The van der Waals surface area contributed by atoms with E-state index in [9.17, 15) is 4.79 Å². The van der Waals surface area contributed by atoms with Crippen molar-refractivity contribution < 1.29 is 4.74 Å². The molecule has 3 aromatic rings. The predicted octanol–water partition coefficient (Wildman–Crippen LogP) is 2.25. The summed E-state index contributed by atoms with van der Waals surface area (Å²) in [6, 6.07) is 5.38. The molecule has 0 fully saturated rings. The summed E-state index contributed by atoms with van der Waals surface area (Å²) in [7, 11) is 1.59. The molecule has 0 amide bonds. The first-order chi connectivity index (χ1) is 10.7. The highest BCUT2D eigenvalue weighted by Gasteiger charge is 2.14.